The molecule has 2 rings (SSSR count). The summed E-state index contributed by atoms with van der Waals surface area (Å²) in [6.45, 7) is 6.50. The monoisotopic (exact) mass is 216 g/mol. The molecular weight excluding hydrogens is 196 g/mol. The zero-order valence-electron chi connectivity index (χ0n) is 9.42. The molecule has 2 fully saturated rings. The SMILES string of the molecule is CC(Cl)C=O.CC1(C)CC2CCC1C2. The van der Waals surface area contributed by atoms with Crippen LogP contribution in [-0.2, 0) is 4.79 Å². The number of halogens is 1. The van der Waals surface area contributed by atoms with Crippen LogP contribution in [-0.4, -0.2) is 11.7 Å². The molecule has 0 aromatic heterocycles. The molecule has 0 spiro atoms. The van der Waals surface area contributed by atoms with Gasteiger partial charge in [0.05, 0.1) is 5.38 Å². The average molecular weight is 217 g/mol. The highest BCUT2D eigenvalue weighted by Crippen LogP contribution is 2.55. The van der Waals surface area contributed by atoms with E-state index in [1.807, 2.05) is 0 Å². The summed E-state index contributed by atoms with van der Waals surface area (Å²) in [5.74, 6) is 2.20. The average Bonchev–Trinajstić information content (AvgIpc) is 2.62. The maximum atomic E-state index is 9.37. The highest BCUT2D eigenvalue weighted by molar-refractivity contribution is 6.27. The Bertz CT molecular complexity index is 198. The molecule has 0 aromatic carbocycles. The number of hydrogen-bond acceptors (Lipinski definition) is 1. The van der Waals surface area contributed by atoms with Crippen molar-refractivity contribution in [3.8, 4) is 0 Å². The van der Waals surface area contributed by atoms with Crippen molar-refractivity contribution >= 4 is 17.9 Å². The quantitative estimate of drug-likeness (QED) is 0.483. The van der Waals surface area contributed by atoms with Crippen LogP contribution in [0, 0.1) is 17.3 Å². The number of fused-ring (bicyclic) bond motifs is 2. The van der Waals surface area contributed by atoms with E-state index < -0.39 is 0 Å². The Morgan fingerprint density at radius 2 is 2.00 bits per heavy atom. The molecule has 0 saturated heterocycles. The number of carbonyl (C=O) groups excluding carboxylic acids is 1. The van der Waals surface area contributed by atoms with Crippen LogP contribution in [0.4, 0.5) is 0 Å². The van der Waals surface area contributed by atoms with Crippen molar-refractivity contribution in [1.29, 1.82) is 0 Å². The largest absolute Gasteiger partial charge is 0.302 e. The van der Waals surface area contributed by atoms with E-state index in [0.717, 1.165) is 11.8 Å². The zero-order valence-corrected chi connectivity index (χ0v) is 10.2. The fraction of sp³-hybridized carbons (Fsp3) is 0.917. The van der Waals surface area contributed by atoms with Gasteiger partial charge in [0.1, 0.15) is 6.29 Å². The van der Waals surface area contributed by atoms with Gasteiger partial charge in [-0.05, 0) is 43.4 Å². The Morgan fingerprint density at radius 1 is 1.43 bits per heavy atom. The molecule has 3 atom stereocenters. The molecule has 0 N–H and O–H groups in total. The number of rotatable bonds is 1. The standard InChI is InChI=1S/C9H16.C3H5ClO/c1-9(2)6-7-3-4-8(9)5-7;1-3(4)2-5/h7-8H,3-6H2,1-2H3;2-3H,1H3. The molecule has 14 heavy (non-hydrogen) atoms. The Balaban J connectivity index is 0.000000171. The maximum absolute atomic E-state index is 9.37. The van der Waals surface area contributed by atoms with E-state index in [1.165, 1.54) is 19.3 Å². The lowest BCUT2D eigenvalue weighted by Crippen LogP contribution is -2.19. The fourth-order valence-electron chi connectivity index (χ4n) is 2.88. The third-order valence-corrected chi connectivity index (χ3v) is 3.75. The molecule has 0 heterocycles. The fourth-order valence-corrected chi connectivity index (χ4v) is 2.88. The predicted octanol–water partition coefficient (Wildman–Crippen LogP) is 3.65. The van der Waals surface area contributed by atoms with Gasteiger partial charge < -0.3 is 4.79 Å². The topological polar surface area (TPSA) is 17.1 Å². The summed E-state index contributed by atoms with van der Waals surface area (Å²) in [6.07, 6.45) is 6.80. The summed E-state index contributed by atoms with van der Waals surface area (Å²) >= 11 is 5.09. The summed E-state index contributed by atoms with van der Waals surface area (Å²) in [7, 11) is 0. The van der Waals surface area contributed by atoms with E-state index in [9.17, 15) is 4.79 Å². The maximum Gasteiger partial charge on any atom is 0.137 e. The summed E-state index contributed by atoms with van der Waals surface area (Å²) < 4.78 is 0. The second kappa shape index (κ2) is 4.65. The van der Waals surface area contributed by atoms with Crippen molar-refractivity contribution in [2.75, 3.05) is 0 Å². The first-order valence-corrected chi connectivity index (χ1v) is 5.98. The van der Waals surface area contributed by atoms with Crippen LogP contribution in [0.25, 0.3) is 0 Å². The van der Waals surface area contributed by atoms with Crippen LogP contribution in [0.3, 0.4) is 0 Å². The highest BCUT2D eigenvalue weighted by atomic mass is 35.5. The van der Waals surface area contributed by atoms with Crippen molar-refractivity contribution < 1.29 is 4.79 Å². The van der Waals surface area contributed by atoms with E-state index in [-0.39, 0.29) is 5.38 Å². The van der Waals surface area contributed by atoms with Gasteiger partial charge in [-0.15, -0.1) is 11.6 Å². The molecule has 2 aliphatic rings. The molecule has 1 nitrogen and oxygen atoms in total. The van der Waals surface area contributed by atoms with Gasteiger partial charge in [0.2, 0.25) is 0 Å². The van der Waals surface area contributed by atoms with Gasteiger partial charge in [0.15, 0.2) is 0 Å². The smallest absolute Gasteiger partial charge is 0.137 e. The van der Waals surface area contributed by atoms with E-state index in [2.05, 4.69) is 13.8 Å². The molecule has 3 unspecified atom stereocenters. The third kappa shape index (κ3) is 2.98. The number of hydrogen-bond donors (Lipinski definition) is 0. The Kier molecular flexibility index (Phi) is 4.00. The Morgan fingerprint density at radius 3 is 2.14 bits per heavy atom. The van der Waals surface area contributed by atoms with Crippen LogP contribution >= 0.6 is 11.6 Å². The highest BCUT2D eigenvalue weighted by Gasteiger charge is 2.44. The van der Waals surface area contributed by atoms with Crippen molar-refractivity contribution in [1.82, 2.24) is 0 Å². The van der Waals surface area contributed by atoms with Crippen LogP contribution in [0.5, 0.6) is 0 Å². The van der Waals surface area contributed by atoms with E-state index in [0.29, 0.717) is 11.7 Å². The lowest BCUT2D eigenvalue weighted by atomic mass is 9.77. The van der Waals surface area contributed by atoms with Gasteiger partial charge in [-0.3, -0.25) is 0 Å². The van der Waals surface area contributed by atoms with Gasteiger partial charge in [-0.1, -0.05) is 20.3 Å². The molecular formula is C12H21ClO. The lowest BCUT2D eigenvalue weighted by Gasteiger charge is -2.29. The zero-order chi connectivity index (χ0) is 10.8. The van der Waals surface area contributed by atoms with E-state index in [1.54, 1.807) is 13.3 Å². The predicted molar refractivity (Wildman–Crippen MR) is 60.6 cm³/mol. The van der Waals surface area contributed by atoms with Crippen molar-refractivity contribution in [2.24, 2.45) is 17.3 Å². The molecule has 0 amide bonds. The minimum absolute atomic E-state index is 0.324. The van der Waals surface area contributed by atoms with Crippen LogP contribution < -0.4 is 0 Å². The summed E-state index contributed by atoms with van der Waals surface area (Å²) in [4.78, 5) is 9.37. The van der Waals surface area contributed by atoms with Gasteiger partial charge in [0.25, 0.3) is 0 Å². The number of alkyl halides is 1. The van der Waals surface area contributed by atoms with E-state index in [4.69, 9.17) is 11.6 Å². The second-order valence-electron chi connectivity index (χ2n) is 5.38. The Labute approximate surface area is 92.2 Å². The third-order valence-electron chi connectivity index (χ3n) is 3.65. The van der Waals surface area contributed by atoms with Crippen molar-refractivity contribution in [2.45, 2.75) is 51.8 Å². The molecule has 2 saturated carbocycles. The molecule has 0 radical (unpaired) electrons. The van der Waals surface area contributed by atoms with Gasteiger partial charge in [-0.25, -0.2) is 0 Å². The number of carbonyl (C=O) groups is 1. The van der Waals surface area contributed by atoms with Crippen molar-refractivity contribution in [3.05, 3.63) is 0 Å². The van der Waals surface area contributed by atoms with E-state index >= 15 is 0 Å². The van der Waals surface area contributed by atoms with Gasteiger partial charge in [-0.2, -0.15) is 0 Å². The summed E-state index contributed by atoms with van der Waals surface area (Å²) in [6, 6.07) is 0. The van der Waals surface area contributed by atoms with Crippen LogP contribution in [0.15, 0.2) is 0 Å². The first kappa shape index (κ1) is 12.0. The molecule has 2 bridgehead atoms. The molecule has 0 aliphatic heterocycles. The molecule has 0 aromatic rings. The first-order chi connectivity index (χ1) is 6.45. The van der Waals surface area contributed by atoms with Gasteiger partial charge in [0, 0.05) is 0 Å². The van der Waals surface area contributed by atoms with Crippen LogP contribution in [0.2, 0.25) is 0 Å². The lowest BCUT2D eigenvalue weighted by molar-refractivity contribution is -0.107. The normalized spacial score (nSPS) is 34.6. The molecule has 2 aliphatic carbocycles. The first-order valence-electron chi connectivity index (χ1n) is 5.55. The van der Waals surface area contributed by atoms with Crippen LogP contribution in [0.1, 0.15) is 46.5 Å². The Hall–Kier alpha value is -0.0400. The minimum Gasteiger partial charge on any atom is -0.302 e. The molecule has 82 valence electrons. The van der Waals surface area contributed by atoms with Crippen molar-refractivity contribution in [3.63, 3.8) is 0 Å². The molecule has 2 heteroatoms. The van der Waals surface area contributed by atoms with Gasteiger partial charge >= 0.3 is 0 Å². The second-order valence-corrected chi connectivity index (χ2v) is 6.07. The minimum atomic E-state index is -0.324. The number of aldehydes is 1. The summed E-state index contributed by atoms with van der Waals surface area (Å²) in [5.41, 5.74) is 0.711. The summed E-state index contributed by atoms with van der Waals surface area (Å²) in [5, 5.41) is -0.324.